The highest BCUT2D eigenvalue weighted by atomic mass is 32.1. The van der Waals surface area contributed by atoms with E-state index in [9.17, 15) is 0 Å². The van der Waals surface area contributed by atoms with Crippen LogP contribution in [0.3, 0.4) is 0 Å². The van der Waals surface area contributed by atoms with Gasteiger partial charge in [0.1, 0.15) is 12.1 Å². The van der Waals surface area contributed by atoms with Crippen LogP contribution in [0.25, 0.3) is 10.2 Å². The molecule has 2 aromatic heterocycles. The second-order valence-corrected chi connectivity index (χ2v) is 4.84. The summed E-state index contributed by atoms with van der Waals surface area (Å²) >= 11 is 1.67. The van der Waals surface area contributed by atoms with E-state index in [0.717, 1.165) is 35.5 Å². The molecule has 4 nitrogen and oxygen atoms in total. The Morgan fingerprint density at radius 1 is 1.50 bits per heavy atom. The highest BCUT2D eigenvalue weighted by molar-refractivity contribution is 7.17. The molecule has 0 bridgehead atoms. The van der Waals surface area contributed by atoms with Gasteiger partial charge >= 0.3 is 0 Å². The summed E-state index contributed by atoms with van der Waals surface area (Å²) in [5, 5.41) is 5.40. The van der Waals surface area contributed by atoms with Gasteiger partial charge in [-0.15, -0.1) is 11.3 Å². The van der Waals surface area contributed by atoms with Crippen LogP contribution in [0.4, 0.5) is 5.82 Å². The van der Waals surface area contributed by atoms with Gasteiger partial charge in [-0.1, -0.05) is 6.92 Å². The van der Waals surface area contributed by atoms with Crippen LogP contribution >= 0.6 is 11.3 Å². The smallest absolute Gasteiger partial charge is 0.147 e. The summed E-state index contributed by atoms with van der Waals surface area (Å²) in [6.45, 7) is 3.83. The maximum Gasteiger partial charge on any atom is 0.147 e. The van der Waals surface area contributed by atoms with Gasteiger partial charge in [0.2, 0.25) is 0 Å². The van der Waals surface area contributed by atoms with Crippen molar-refractivity contribution >= 4 is 27.4 Å². The zero-order valence-electron chi connectivity index (χ0n) is 9.31. The minimum Gasteiger partial charge on any atom is -0.369 e. The van der Waals surface area contributed by atoms with Crippen LogP contribution in [0.5, 0.6) is 0 Å². The standard InChI is InChI=1S/C11H16N4S/c1-8(2-4-12)6-13-11-10-9(3-5-16-10)14-7-15-11/h3,5,7-8H,2,4,6,12H2,1H3,(H,13,14,15). The number of nitrogens with one attached hydrogen (secondary N) is 1. The lowest BCUT2D eigenvalue weighted by Crippen LogP contribution is -2.15. The predicted octanol–water partition coefficient (Wildman–Crippen LogP) is 2.09. The lowest BCUT2D eigenvalue weighted by Gasteiger charge is -2.11. The first-order chi connectivity index (χ1) is 7.81. The molecule has 1 unspecified atom stereocenters. The van der Waals surface area contributed by atoms with Crippen LogP contribution in [0.15, 0.2) is 17.8 Å². The van der Waals surface area contributed by atoms with Crippen LogP contribution in [-0.2, 0) is 0 Å². The Morgan fingerprint density at radius 3 is 3.19 bits per heavy atom. The highest BCUT2D eigenvalue weighted by Crippen LogP contribution is 2.24. The van der Waals surface area contributed by atoms with E-state index in [2.05, 4.69) is 22.2 Å². The third kappa shape index (κ3) is 2.48. The number of fused-ring (bicyclic) bond motifs is 1. The number of aromatic nitrogens is 2. The summed E-state index contributed by atoms with van der Waals surface area (Å²) in [6.07, 6.45) is 2.64. The number of nitrogens with two attached hydrogens (primary N) is 1. The van der Waals surface area contributed by atoms with Crippen molar-refractivity contribution in [3.63, 3.8) is 0 Å². The largest absolute Gasteiger partial charge is 0.369 e. The molecule has 0 aliphatic heterocycles. The first-order valence-corrected chi connectivity index (χ1v) is 6.31. The quantitative estimate of drug-likeness (QED) is 0.834. The summed E-state index contributed by atoms with van der Waals surface area (Å²) in [6, 6.07) is 2.01. The molecule has 0 aliphatic carbocycles. The first kappa shape index (κ1) is 11.3. The molecule has 2 aromatic rings. The average molecular weight is 236 g/mol. The normalized spacial score (nSPS) is 12.9. The molecule has 0 aromatic carbocycles. The highest BCUT2D eigenvalue weighted by Gasteiger charge is 2.06. The Balaban J connectivity index is 2.06. The van der Waals surface area contributed by atoms with Crippen LogP contribution in [0.2, 0.25) is 0 Å². The zero-order chi connectivity index (χ0) is 11.4. The molecule has 2 heterocycles. The molecule has 5 heteroatoms. The van der Waals surface area contributed by atoms with E-state index < -0.39 is 0 Å². The molecule has 1 atom stereocenters. The van der Waals surface area contributed by atoms with Crippen molar-refractivity contribution in [2.24, 2.45) is 11.7 Å². The predicted molar refractivity (Wildman–Crippen MR) is 68.7 cm³/mol. The van der Waals surface area contributed by atoms with E-state index in [4.69, 9.17) is 5.73 Å². The summed E-state index contributed by atoms with van der Waals surface area (Å²) in [5.41, 5.74) is 6.53. The van der Waals surface area contributed by atoms with Gasteiger partial charge in [-0.3, -0.25) is 0 Å². The van der Waals surface area contributed by atoms with Gasteiger partial charge < -0.3 is 11.1 Å². The first-order valence-electron chi connectivity index (χ1n) is 5.43. The number of rotatable bonds is 5. The third-order valence-electron chi connectivity index (χ3n) is 2.52. The molecule has 16 heavy (non-hydrogen) atoms. The molecule has 0 amide bonds. The summed E-state index contributed by atoms with van der Waals surface area (Å²) in [4.78, 5) is 8.47. The number of hydrogen-bond acceptors (Lipinski definition) is 5. The fourth-order valence-corrected chi connectivity index (χ4v) is 2.38. The molecule has 0 saturated heterocycles. The van der Waals surface area contributed by atoms with E-state index in [1.807, 2.05) is 11.4 Å². The lowest BCUT2D eigenvalue weighted by atomic mass is 10.1. The second-order valence-electron chi connectivity index (χ2n) is 3.92. The molecule has 0 fully saturated rings. The summed E-state index contributed by atoms with van der Waals surface area (Å²) < 4.78 is 1.13. The molecule has 2 rings (SSSR count). The maximum absolute atomic E-state index is 5.52. The minimum absolute atomic E-state index is 0.565. The monoisotopic (exact) mass is 236 g/mol. The van der Waals surface area contributed by atoms with Crippen LogP contribution in [0.1, 0.15) is 13.3 Å². The van der Waals surface area contributed by atoms with Gasteiger partial charge in [-0.05, 0) is 30.3 Å². The fourth-order valence-electron chi connectivity index (χ4n) is 1.57. The molecular weight excluding hydrogens is 220 g/mol. The van der Waals surface area contributed by atoms with Crippen molar-refractivity contribution in [3.05, 3.63) is 17.8 Å². The summed E-state index contributed by atoms with van der Waals surface area (Å²) in [7, 11) is 0. The molecule has 3 N–H and O–H groups in total. The molecule has 0 radical (unpaired) electrons. The Bertz CT molecular complexity index is 454. The van der Waals surface area contributed by atoms with Crippen molar-refractivity contribution in [3.8, 4) is 0 Å². The Labute approximate surface area is 98.9 Å². The molecular formula is C11H16N4S. The van der Waals surface area contributed by atoms with E-state index in [-0.39, 0.29) is 0 Å². The van der Waals surface area contributed by atoms with Crippen molar-refractivity contribution in [1.29, 1.82) is 0 Å². The van der Waals surface area contributed by atoms with Crippen molar-refractivity contribution in [2.75, 3.05) is 18.4 Å². The van der Waals surface area contributed by atoms with Crippen molar-refractivity contribution in [2.45, 2.75) is 13.3 Å². The molecule has 0 aliphatic rings. The molecule has 86 valence electrons. The van der Waals surface area contributed by atoms with Crippen molar-refractivity contribution in [1.82, 2.24) is 9.97 Å². The van der Waals surface area contributed by atoms with Gasteiger partial charge in [-0.2, -0.15) is 0 Å². The Kier molecular flexibility index (Phi) is 3.69. The van der Waals surface area contributed by atoms with Gasteiger partial charge in [0.15, 0.2) is 0 Å². The topological polar surface area (TPSA) is 63.8 Å². The van der Waals surface area contributed by atoms with Gasteiger partial charge in [0, 0.05) is 6.54 Å². The third-order valence-corrected chi connectivity index (χ3v) is 3.43. The SMILES string of the molecule is CC(CCN)CNc1ncnc2ccsc12. The van der Waals surface area contributed by atoms with Crippen LogP contribution in [0, 0.1) is 5.92 Å². The zero-order valence-corrected chi connectivity index (χ0v) is 10.1. The average Bonchev–Trinajstić information content (AvgIpc) is 2.75. The number of thiophene rings is 1. The summed E-state index contributed by atoms with van der Waals surface area (Å²) in [5.74, 6) is 1.50. The van der Waals surface area contributed by atoms with Crippen molar-refractivity contribution < 1.29 is 0 Å². The molecule has 0 saturated carbocycles. The Morgan fingerprint density at radius 2 is 2.38 bits per heavy atom. The Hall–Kier alpha value is -1.20. The lowest BCUT2D eigenvalue weighted by molar-refractivity contribution is 0.568. The number of nitrogens with zero attached hydrogens (tertiary/aromatic N) is 2. The van der Waals surface area contributed by atoms with Crippen LogP contribution in [-0.4, -0.2) is 23.1 Å². The minimum atomic E-state index is 0.565. The van der Waals surface area contributed by atoms with Gasteiger partial charge in [0.05, 0.1) is 10.2 Å². The number of anilines is 1. The fraction of sp³-hybridized carbons (Fsp3) is 0.455. The van der Waals surface area contributed by atoms with Gasteiger partial charge in [-0.25, -0.2) is 9.97 Å². The van der Waals surface area contributed by atoms with E-state index in [1.54, 1.807) is 17.7 Å². The molecule has 0 spiro atoms. The van der Waals surface area contributed by atoms with Gasteiger partial charge in [0.25, 0.3) is 0 Å². The van der Waals surface area contributed by atoms with E-state index in [1.165, 1.54) is 0 Å². The maximum atomic E-state index is 5.52. The van der Waals surface area contributed by atoms with Crippen LogP contribution < -0.4 is 11.1 Å². The van der Waals surface area contributed by atoms with E-state index in [0.29, 0.717) is 5.92 Å². The van der Waals surface area contributed by atoms with E-state index >= 15 is 0 Å². The number of hydrogen-bond donors (Lipinski definition) is 2. The second kappa shape index (κ2) is 5.23.